The van der Waals surface area contributed by atoms with E-state index in [1.54, 1.807) is 0 Å². The first-order chi connectivity index (χ1) is 10.5. The van der Waals surface area contributed by atoms with Gasteiger partial charge in [-0.15, -0.1) is 0 Å². The molecule has 0 aromatic carbocycles. The molecule has 5 nitrogen and oxygen atoms in total. The fourth-order valence-electron chi connectivity index (χ4n) is 2.06. The van der Waals surface area contributed by atoms with Gasteiger partial charge < -0.3 is 14.6 Å². The molecule has 0 fully saturated rings. The fraction of sp³-hybridized carbons (Fsp3) is 0.882. The lowest BCUT2D eigenvalue weighted by Gasteiger charge is -2.17. The Kier molecular flexibility index (Phi) is 12.9. The van der Waals surface area contributed by atoms with Crippen molar-refractivity contribution < 1.29 is 24.2 Å². The highest BCUT2D eigenvalue weighted by molar-refractivity contribution is 5.72. The second-order valence-corrected chi connectivity index (χ2v) is 5.78. The predicted molar refractivity (Wildman–Crippen MR) is 85.4 cm³/mol. The molecule has 0 aromatic rings. The van der Waals surface area contributed by atoms with Crippen LogP contribution in [0, 0.1) is 5.92 Å². The number of carbonyl (C=O) groups is 2. The monoisotopic (exact) mass is 316 g/mol. The number of esters is 2. The molecule has 0 aromatic heterocycles. The van der Waals surface area contributed by atoms with Gasteiger partial charge in [0.1, 0.15) is 6.61 Å². The van der Waals surface area contributed by atoms with Crippen molar-refractivity contribution in [2.75, 3.05) is 13.2 Å². The van der Waals surface area contributed by atoms with Crippen LogP contribution in [0.4, 0.5) is 0 Å². The van der Waals surface area contributed by atoms with Crippen molar-refractivity contribution in [2.24, 2.45) is 5.92 Å². The van der Waals surface area contributed by atoms with Crippen LogP contribution < -0.4 is 0 Å². The average molecular weight is 316 g/mol. The maximum atomic E-state index is 11.9. The number of rotatable bonds is 13. The van der Waals surface area contributed by atoms with Gasteiger partial charge >= 0.3 is 11.9 Å². The van der Waals surface area contributed by atoms with Crippen LogP contribution in [0.1, 0.15) is 72.1 Å². The van der Waals surface area contributed by atoms with E-state index in [1.807, 2.05) is 13.8 Å². The SMILES string of the molecule is CCCCCCCC(C)C(=O)OCC(CO)OC(=O)CCC. The van der Waals surface area contributed by atoms with Crippen LogP contribution in [0.25, 0.3) is 0 Å². The number of ether oxygens (including phenoxy) is 2. The summed E-state index contributed by atoms with van der Waals surface area (Å²) in [5, 5.41) is 9.15. The van der Waals surface area contributed by atoms with Gasteiger partial charge in [-0.3, -0.25) is 9.59 Å². The number of aliphatic hydroxyl groups is 1. The lowest BCUT2D eigenvalue weighted by Crippen LogP contribution is -2.29. The summed E-state index contributed by atoms with van der Waals surface area (Å²) in [6.45, 7) is 5.47. The first-order valence-electron chi connectivity index (χ1n) is 8.52. The largest absolute Gasteiger partial charge is 0.461 e. The molecule has 0 bridgehead atoms. The Morgan fingerprint density at radius 1 is 1.05 bits per heavy atom. The molecule has 0 rings (SSSR count). The lowest BCUT2D eigenvalue weighted by atomic mass is 10.0. The van der Waals surface area contributed by atoms with Gasteiger partial charge in [-0.2, -0.15) is 0 Å². The Balaban J connectivity index is 3.90. The zero-order valence-electron chi connectivity index (χ0n) is 14.3. The average Bonchev–Trinajstić information content (AvgIpc) is 2.50. The topological polar surface area (TPSA) is 72.8 Å². The number of aliphatic hydroxyl groups excluding tert-OH is 1. The second kappa shape index (κ2) is 13.6. The fourth-order valence-corrected chi connectivity index (χ4v) is 2.06. The van der Waals surface area contributed by atoms with Crippen molar-refractivity contribution in [3.05, 3.63) is 0 Å². The van der Waals surface area contributed by atoms with Crippen LogP contribution in [-0.4, -0.2) is 36.4 Å². The molecule has 22 heavy (non-hydrogen) atoms. The van der Waals surface area contributed by atoms with Gasteiger partial charge in [0, 0.05) is 6.42 Å². The van der Waals surface area contributed by atoms with E-state index in [0.717, 1.165) is 19.3 Å². The van der Waals surface area contributed by atoms with E-state index in [0.29, 0.717) is 12.8 Å². The summed E-state index contributed by atoms with van der Waals surface area (Å²) in [4.78, 5) is 23.2. The zero-order valence-corrected chi connectivity index (χ0v) is 14.3. The van der Waals surface area contributed by atoms with Crippen molar-refractivity contribution in [3.63, 3.8) is 0 Å². The number of unbranched alkanes of at least 4 members (excludes halogenated alkanes) is 4. The highest BCUT2D eigenvalue weighted by Gasteiger charge is 2.19. The van der Waals surface area contributed by atoms with E-state index < -0.39 is 6.10 Å². The highest BCUT2D eigenvalue weighted by Crippen LogP contribution is 2.13. The summed E-state index contributed by atoms with van der Waals surface area (Å²) in [6, 6.07) is 0. The third-order valence-electron chi connectivity index (χ3n) is 3.51. The molecule has 2 atom stereocenters. The van der Waals surface area contributed by atoms with Crippen molar-refractivity contribution >= 4 is 11.9 Å². The van der Waals surface area contributed by atoms with Crippen molar-refractivity contribution in [1.29, 1.82) is 0 Å². The molecule has 0 aliphatic heterocycles. The van der Waals surface area contributed by atoms with Gasteiger partial charge in [-0.25, -0.2) is 0 Å². The molecule has 1 N–H and O–H groups in total. The Morgan fingerprint density at radius 2 is 1.73 bits per heavy atom. The molecular formula is C17H32O5. The lowest BCUT2D eigenvalue weighted by molar-refractivity contribution is -0.163. The Hall–Kier alpha value is -1.10. The van der Waals surface area contributed by atoms with Crippen LogP contribution in [0.5, 0.6) is 0 Å². The third-order valence-corrected chi connectivity index (χ3v) is 3.51. The summed E-state index contributed by atoms with van der Waals surface area (Å²) in [5.74, 6) is -0.825. The van der Waals surface area contributed by atoms with Crippen LogP contribution >= 0.6 is 0 Å². The normalized spacial score (nSPS) is 13.5. The number of hydrogen-bond acceptors (Lipinski definition) is 5. The first-order valence-corrected chi connectivity index (χ1v) is 8.52. The van der Waals surface area contributed by atoms with Gasteiger partial charge in [0.25, 0.3) is 0 Å². The van der Waals surface area contributed by atoms with Crippen LogP contribution in [0.15, 0.2) is 0 Å². The molecule has 0 radical (unpaired) electrons. The number of carbonyl (C=O) groups excluding carboxylic acids is 2. The molecule has 0 heterocycles. The van der Waals surface area contributed by atoms with E-state index >= 15 is 0 Å². The molecule has 0 saturated carbocycles. The van der Waals surface area contributed by atoms with Crippen molar-refractivity contribution in [1.82, 2.24) is 0 Å². The van der Waals surface area contributed by atoms with Crippen LogP contribution in [-0.2, 0) is 19.1 Å². The van der Waals surface area contributed by atoms with Crippen molar-refractivity contribution in [2.45, 2.75) is 78.2 Å². The second-order valence-electron chi connectivity index (χ2n) is 5.78. The molecule has 130 valence electrons. The molecule has 5 heteroatoms. The number of hydrogen-bond donors (Lipinski definition) is 1. The van der Waals surface area contributed by atoms with E-state index in [9.17, 15) is 9.59 Å². The smallest absolute Gasteiger partial charge is 0.308 e. The minimum atomic E-state index is -0.764. The summed E-state index contributed by atoms with van der Waals surface area (Å²) < 4.78 is 10.2. The van der Waals surface area contributed by atoms with E-state index in [2.05, 4.69) is 6.92 Å². The minimum absolute atomic E-state index is 0.0784. The van der Waals surface area contributed by atoms with Gasteiger partial charge in [0.15, 0.2) is 6.10 Å². The predicted octanol–water partition coefficient (Wildman–Crippen LogP) is 3.23. The van der Waals surface area contributed by atoms with Gasteiger partial charge in [0.05, 0.1) is 12.5 Å². The Bertz CT molecular complexity index is 303. The Labute approximate surface area is 134 Å². The molecule has 0 spiro atoms. The maximum absolute atomic E-state index is 11.9. The van der Waals surface area contributed by atoms with Gasteiger partial charge in [0.2, 0.25) is 0 Å². The molecule has 0 saturated heterocycles. The van der Waals surface area contributed by atoms with Gasteiger partial charge in [-0.05, 0) is 12.8 Å². The zero-order chi connectivity index (χ0) is 16.8. The molecular weight excluding hydrogens is 284 g/mol. The highest BCUT2D eigenvalue weighted by atomic mass is 16.6. The summed E-state index contributed by atoms with van der Waals surface area (Å²) >= 11 is 0. The van der Waals surface area contributed by atoms with Crippen molar-refractivity contribution in [3.8, 4) is 0 Å². The minimum Gasteiger partial charge on any atom is -0.461 e. The third kappa shape index (κ3) is 10.6. The molecule has 0 amide bonds. The quantitative estimate of drug-likeness (QED) is 0.417. The van der Waals surface area contributed by atoms with E-state index in [1.165, 1.54) is 19.3 Å². The van der Waals surface area contributed by atoms with Gasteiger partial charge in [-0.1, -0.05) is 52.9 Å². The van der Waals surface area contributed by atoms with Crippen LogP contribution in [0.2, 0.25) is 0 Å². The maximum Gasteiger partial charge on any atom is 0.308 e. The molecule has 2 unspecified atom stereocenters. The van der Waals surface area contributed by atoms with E-state index in [-0.39, 0.29) is 31.1 Å². The Morgan fingerprint density at radius 3 is 2.32 bits per heavy atom. The summed E-state index contributed by atoms with van der Waals surface area (Å²) in [7, 11) is 0. The molecule has 0 aliphatic carbocycles. The van der Waals surface area contributed by atoms with E-state index in [4.69, 9.17) is 14.6 Å². The summed E-state index contributed by atoms with van der Waals surface area (Å²) in [6.07, 6.45) is 6.84. The molecule has 0 aliphatic rings. The van der Waals surface area contributed by atoms with Crippen LogP contribution in [0.3, 0.4) is 0 Å². The summed E-state index contributed by atoms with van der Waals surface area (Å²) in [5.41, 5.74) is 0. The standard InChI is InChI=1S/C17H32O5/c1-4-6-7-8-9-11-14(3)17(20)21-13-15(12-18)22-16(19)10-5-2/h14-15,18H,4-13H2,1-3H3. The first kappa shape index (κ1) is 20.9.